The summed E-state index contributed by atoms with van der Waals surface area (Å²) < 4.78 is 0. The number of thiophene rings is 1. The fraction of sp³-hybridized carbons (Fsp3) is 0.312. The second kappa shape index (κ2) is 5.10. The summed E-state index contributed by atoms with van der Waals surface area (Å²) >= 11 is 7.56. The molecule has 0 aliphatic rings. The Kier molecular flexibility index (Phi) is 3.84. The largest absolute Gasteiger partial charge is 0.288 e. The van der Waals surface area contributed by atoms with E-state index in [9.17, 15) is 4.79 Å². The third-order valence-electron chi connectivity index (χ3n) is 2.99. The summed E-state index contributed by atoms with van der Waals surface area (Å²) in [6.45, 7) is 8.37. The first kappa shape index (κ1) is 14.3. The lowest BCUT2D eigenvalue weighted by molar-refractivity contribution is 0.104. The number of halogens is 1. The lowest BCUT2D eigenvalue weighted by Gasteiger charge is -2.15. The molecule has 2 aromatic rings. The molecule has 0 saturated carbocycles. The fourth-order valence-corrected chi connectivity index (χ4v) is 2.93. The normalized spacial score (nSPS) is 11.6. The van der Waals surface area contributed by atoms with Crippen molar-refractivity contribution in [3.8, 4) is 0 Å². The minimum atomic E-state index is 0.0697. The zero-order chi connectivity index (χ0) is 14.2. The molecule has 0 bridgehead atoms. The third-order valence-corrected chi connectivity index (χ3v) is 4.92. The van der Waals surface area contributed by atoms with Gasteiger partial charge in [0.2, 0.25) is 5.78 Å². The fourth-order valence-electron chi connectivity index (χ4n) is 1.79. The molecule has 100 valence electrons. The van der Waals surface area contributed by atoms with Gasteiger partial charge in [0.05, 0.1) is 4.88 Å². The monoisotopic (exact) mass is 292 g/mol. The van der Waals surface area contributed by atoms with Crippen LogP contribution in [0.3, 0.4) is 0 Å². The molecule has 0 saturated heterocycles. The van der Waals surface area contributed by atoms with E-state index in [2.05, 4.69) is 20.8 Å². The van der Waals surface area contributed by atoms with Gasteiger partial charge in [0.15, 0.2) is 0 Å². The maximum Gasteiger partial charge on any atom is 0.202 e. The Morgan fingerprint density at radius 1 is 1.16 bits per heavy atom. The van der Waals surface area contributed by atoms with Gasteiger partial charge in [-0.3, -0.25) is 4.79 Å². The highest BCUT2D eigenvalue weighted by Crippen LogP contribution is 2.31. The van der Waals surface area contributed by atoms with E-state index in [0.29, 0.717) is 10.6 Å². The molecule has 0 radical (unpaired) electrons. The second-order valence-electron chi connectivity index (χ2n) is 5.71. The molecule has 0 N–H and O–H groups in total. The van der Waals surface area contributed by atoms with Gasteiger partial charge in [-0.2, -0.15) is 0 Å². The summed E-state index contributed by atoms with van der Waals surface area (Å²) in [6.07, 6.45) is 0. The molecular weight excluding hydrogens is 276 g/mol. The van der Waals surface area contributed by atoms with Crippen molar-refractivity contribution in [2.75, 3.05) is 0 Å². The first-order valence-corrected chi connectivity index (χ1v) is 7.39. The predicted octanol–water partition coefficient (Wildman–Crippen LogP) is 5.24. The van der Waals surface area contributed by atoms with E-state index in [1.165, 1.54) is 4.88 Å². The molecule has 19 heavy (non-hydrogen) atoms. The molecule has 2 rings (SSSR count). The first-order valence-electron chi connectivity index (χ1n) is 6.20. The van der Waals surface area contributed by atoms with Crippen LogP contribution in [0.1, 0.15) is 46.4 Å². The van der Waals surface area contributed by atoms with Gasteiger partial charge < -0.3 is 0 Å². The van der Waals surface area contributed by atoms with Gasteiger partial charge in [-0.25, -0.2) is 0 Å². The van der Waals surface area contributed by atoms with E-state index in [1.807, 2.05) is 25.1 Å². The van der Waals surface area contributed by atoms with Crippen molar-refractivity contribution in [2.24, 2.45) is 0 Å². The molecule has 0 aliphatic heterocycles. The number of ketones is 1. The highest BCUT2D eigenvalue weighted by atomic mass is 35.5. The molecule has 0 unspecified atom stereocenters. The van der Waals surface area contributed by atoms with Crippen LogP contribution >= 0.6 is 22.9 Å². The van der Waals surface area contributed by atoms with Crippen molar-refractivity contribution in [2.45, 2.75) is 33.1 Å². The minimum Gasteiger partial charge on any atom is -0.288 e. The molecule has 1 aromatic carbocycles. The van der Waals surface area contributed by atoms with Gasteiger partial charge in [0.1, 0.15) is 0 Å². The van der Waals surface area contributed by atoms with Gasteiger partial charge in [-0.1, -0.05) is 32.4 Å². The molecular formula is C16H17ClOS. The van der Waals surface area contributed by atoms with E-state index >= 15 is 0 Å². The topological polar surface area (TPSA) is 17.1 Å². The van der Waals surface area contributed by atoms with Crippen LogP contribution in [0.5, 0.6) is 0 Å². The first-order chi connectivity index (χ1) is 8.79. The Bertz CT molecular complexity index is 620. The summed E-state index contributed by atoms with van der Waals surface area (Å²) in [5, 5.41) is 0.693. The standard InChI is InChI=1S/C16H17ClOS/c1-10-9-11(5-6-12(10)17)15(18)13-7-8-14(19-13)16(2,3)4/h5-9H,1-4H3. The minimum absolute atomic E-state index is 0.0697. The van der Waals surface area contributed by atoms with Crippen LogP contribution in [0.25, 0.3) is 0 Å². The highest BCUT2D eigenvalue weighted by molar-refractivity contribution is 7.14. The zero-order valence-electron chi connectivity index (χ0n) is 11.6. The van der Waals surface area contributed by atoms with Gasteiger partial charge in [0.25, 0.3) is 0 Å². The summed E-state index contributed by atoms with van der Waals surface area (Å²) in [6, 6.07) is 9.37. The van der Waals surface area contributed by atoms with Gasteiger partial charge in [0, 0.05) is 15.5 Å². The van der Waals surface area contributed by atoms with Gasteiger partial charge in [-0.05, 0) is 48.2 Å². The van der Waals surface area contributed by atoms with Crippen LogP contribution < -0.4 is 0 Å². The SMILES string of the molecule is Cc1cc(C(=O)c2ccc(C(C)(C)C)s2)ccc1Cl. The van der Waals surface area contributed by atoms with Crippen molar-refractivity contribution < 1.29 is 4.79 Å². The number of hydrogen-bond acceptors (Lipinski definition) is 2. The molecule has 0 spiro atoms. The Balaban J connectivity index is 2.34. The molecule has 1 nitrogen and oxygen atoms in total. The average molecular weight is 293 g/mol. The molecule has 1 aromatic heterocycles. The predicted molar refractivity (Wildman–Crippen MR) is 82.6 cm³/mol. The number of carbonyl (C=O) groups excluding carboxylic acids is 1. The van der Waals surface area contributed by atoms with Crippen molar-refractivity contribution >= 4 is 28.7 Å². The third kappa shape index (κ3) is 3.07. The van der Waals surface area contributed by atoms with Crippen LogP contribution in [0.15, 0.2) is 30.3 Å². The quantitative estimate of drug-likeness (QED) is 0.692. The number of rotatable bonds is 2. The smallest absolute Gasteiger partial charge is 0.202 e. The second-order valence-corrected chi connectivity index (χ2v) is 7.20. The summed E-state index contributed by atoms with van der Waals surface area (Å²) in [7, 11) is 0. The lowest BCUT2D eigenvalue weighted by Crippen LogP contribution is -2.08. The number of hydrogen-bond donors (Lipinski definition) is 0. The Morgan fingerprint density at radius 3 is 2.37 bits per heavy atom. The molecule has 0 atom stereocenters. The van der Waals surface area contributed by atoms with Crippen LogP contribution in [-0.2, 0) is 5.41 Å². The van der Waals surface area contributed by atoms with Crippen LogP contribution in [0.4, 0.5) is 0 Å². The average Bonchev–Trinajstić information content (AvgIpc) is 2.81. The van der Waals surface area contributed by atoms with Crippen LogP contribution in [0, 0.1) is 6.92 Å². The molecule has 1 heterocycles. The molecule has 0 fully saturated rings. The van der Waals surface area contributed by atoms with Crippen molar-refractivity contribution in [1.82, 2.24) is 0 Å². The lowest BCUT2D eigenvalue weighted by atomic mass is 9.95. The highest BCUT2D eigenvalue weighted by Gasteiger charge is 2.19. The van der Waals surface area contributed by atoms with E-state index in [-0.39, 0.29) is 11.2 Å². The molecule has 0 amide bonds. The van der Waals surface area contributed by atoms with Crippen molar-refractivity contribution in [3.63, 3.8) is 0 Å². The van der Waals surface area contributed by atoms with E-state index in [0.717, 1.165) is 10.4 Å². The Hall–Kier alpha value is -1.12. The summed E-state index contributed by atoms with van der Waals surface area (Å²) in [5.41, 5.74) is 1.71. The number of carbonyl (C=O) groups is 1. The maximum absolute atomic E-state index is 12.4. The van der Waals surface area contributed by atoms with E-state index < -0.39 is 0 Å². The zero-order valence-corrected chi connectivity index (χ0v) is 13.2. The Labute approximate surface area is 123 Å². The molecule has 0 aliphatic carbocycles. The van der Waals surface area contributed by atoms with E-state index in [4.69, 9.17) is 11.6 Å². The summed E-state index contributed by atoms with van der Waals surface area (Å²) in [4.78, 5) is 14.4. The Morgan fingerprint density at radius 2 is 1.84 bits per heavy atom. The van der Waals surface area contributed by atoms with Crippen LogP contribution in [0.2, 0.25) is 5.02 Å². The maximum atomic E-state index is 12.4. The van der Waals surface area contributed by atoms with Crippen molar-refractivity contribution in [3.05, 3.63) is 56.2 Å². The summed E-state index contributed by atoms with van der Waals surface area (Å²) in [5.74, 6) is 0.0697. The van der Waals surface area contributed by atoms with Crippen LogP contribution in [-0.4, -0.2) is 5.78 Å². The van der Waals surface area contributed by atoms with E-state index in [1.54, 1.807) is 23.5 Å². The van der Waals surface area contributed by atoms with Crippen molar-refractivity contribution in [1.29, 1.82) is 0 Å². The number of aryl methyl sites for hydroxylation is 1. The van der Waals surface area contributed by atoms with Gasteiger partial charge in [-0.15, -0.1) is 11.3 Å². The van der Waals surface area contributed by atoms with Gasteiger partial charge >= 0.3 is 0 Å². The molecule has 3 heteroatoms. The number of benzene rings is 1.